The van der Waals surface area contributed by atoms with Crippen LogP contribution in [0.2, 0.25) is 0 Å². The smallest absolute Gasteiger partial charge is 0.220 e. The van der Waals surface area contributed by atoms with E-state index in [9.17, 15) is 5.11 Å². The number of benzene rings is 2. The fourth-order valence-electron chi connectivity index (χ4n) is 5.33. The van der Waals surface area contributed by atoms with Gasteiger partial charge in [-0.25, -0.2) is 0 Å². The van der Waals surface area contributed by atoms with E-state index in [4.69, 9.17) is 18.9 Å². The van der Waals surface area contributed by atoms with E-state index in [-0.39, 0.29) is 5.41 Å². The van der Waals surface area contributed by atoms with Crippen molar-refractivity contribution in [1.29, 1.82) is 0 Å². The average molecular weight is 657 g/mol. The van der Waals surface area contributed by atoms with E-state index < -0.39 is 5.60 Å². The third kappa shape index (κ3) is 10.4. The van der Waals surface area contributed by atoms with Crippen LogP contribution in [-0.2, 0) is 26.3 Å². The van der Waals surface area contributed by atoms with Gasteiger partial charge in [0.05, 0.1) is 19.8 Å². The molecule has 0 saturated carbocycles. The monoisotopic (exact) mass is 656 g/mol. The molecule has 0 aliphatic rings. The van der Waals surface area contributed by atoms with Gasteiger partial charge in [-0.2, -0.15) is 9.97 Å². The summed E-state index contributed by atoms with van der Waals surface area (Å²) in [6.45, 7) is 17.7. The summed E-state index contributed by atoms with van der Waals surface area (Å²) in [7, 11) is 3.23. The Morgan fingerprint density at radius 2 is 1.04 bits per heavy atom. The molecule has 0 saturated heterocycles. The van der Waals surface area contributed by atoms with Crippen LogP contribution in [0, 0.1) is 19.3 Å². The van der Waals surface area contributed by atoms with Gasteiger partial charge in [-0.15, -0.1) is 0 Å². The molecule has 48 heavy (non-hydrogen) atoms. The molecule has 9 heteroatoms. The summed E-state index contributed by atoms with van der Waals surface area (Å²) in [5.74, 6) is 2.07. The second-order valence-corrected chi connectivity index (χ2v) is 14.0. The van der Waals surface area contributed by atoms with E-state index in [1.54, 1.807) is 28.1 Å². The number of rotatable bonds is 16. The molecule has 0 atom stereocenters. The van der Waals surface area contributed by atoms with Gasteiger partial charge in [0.2, 0.25) is 23.5 Å². The number of methoxy groups -OCH3 is 2. The molecule has 4 rings (SSSR count). The van der Waals surface area contributed by atoms with Crippen molar-refractivity contribution >= 4 is 0 Å². The van der Waals surface area contributed by atoms with Crippen LogP contribution in [0.15, 0.2) is 60.7 Å². The first kappa shape index (κ1) is 36.7. The minimum absolute atomic E-state index is 0.195. The van der Waals surface area contributed by atoms with E-state index in [0.29, 0.717) is 56.4 Å². The Balaban J connectivity index is 1.43. The SMILES string of the molecule is COc1nc(OCc2cccc(-c3cccc(COc4ccc(CNCC(C)(C)O)c(OC)n4)c3C)c2C)ccc1CNCC(C)(C)C. The molecule has 4 aromatic rings. The Kier molecular flexibility index (Phi) is 12.4. The van der Waals surface area contributed by atoms with E-state index in [1.807, 2.05) is 24.3 Å². The largest absolute Gasteiger partial charge is 0.481 e. The fraction of sp³-hybridized carbons (Fsp3) is 0.436. The summed E-state index contributed by atoms with van der Waals surface area (Å²) in [6.07, 6.45) is 0. The van der Waals surface area contributed by atoms with Gasteiger partial charge in [0.15, 0.2) is 0 Å². The molecule has 0 radical (unpaired) electrons. The third-order valence-corrected chi connectivity index (χ3v) is 7.99. The molecule has 2 aromatic carbocycles. The third-order valence-electron chi connectivity index (χ3n) is 7.99. The quantitative estimate of drug-likeness (QED) is 0.118. The van der Waals surface area contributed by atoms with Crippen molar-refractivity contribution in [1.82, 2.24) is 20.6 Å². The number of nitrogens with one attached hydrogen (secondary N) is 2. The number of pyridine rings is 2. The molecule has 9 nitrogen and oxygen atoms in total. The zero-order chi connectivity index (χ0) is 34.9. The summed E-state index contributed by atoms with van der Waals surface area (Å²) in [5, 5.41) is 16.7. The van der Waals surface area contributed by atoms with Crippen LogP contribution in [-0.4, -0.2) is 48.0 Å². The lowest BCUT2D eigenvalue weighted by molar-refractivity contribution is 0.0794. The summed E-state index contributed by atoms with van der Waals surface area (Å²) in [5.41, 5.74) is 8.00. The van der Waals surface area contributed by atoms with Gasteiger partial charge >= 0.3 is 0 Å². The van der Waals surface area contributed by atoms with Crippen molar-refractivity contribution in [3.05, 3.63) is 94.0 Å². The minimum Gasteiger partial charge on any atom is -0.481 e. The summed E-state index contributed by atoms with van der Waals surface area (Å²) in [4.78, 5) is 9.18. The topological polar surface area (TPSA) is 107 Å². The van der Waals surface area contributed by atoms with E-state index >= 15 is 0 Å². The van der Waals surface area contributed by atoms with Crippen molar-refractivity contribution in [3.8, 4) is 34.6 Å². The lowest BCUT2D eigenvalue weighted by Gasteiger charge is -2.19. The van der Waals surface area contributed by atoms with Gasteiger partial charge in [-0.3, -0.25) is 0 Å². The van der Waals surface area contributed by atoms with Crippen LogP contribution < -0.4 is 29.6 Å². The highest BCUT2D eigenvalue weighted by Gasteiger charge is 2.16. The van der Waals surface area contributed by atoms with E-state index in [2.05, 4.69) is 91.6 Å². The molecule has 3 N–H and O–H groups in total. The number of hydrogen-bond donors (Lipinski definition) is 3. The number of hydrogen-bond acceptors (Lipinski definition) is 9. The predicted molar refractivity (Wildman–Crippen MR) is 191 cm³/mol. The summed E-state index contributed by atoms with van der Waals surface area (Å²) in [6, 6.07) is 20.3. The highest BCUT2D eigenvalue weighted by molar-refractivity contribution is 5.72. The Morgan fingerprint density at radius 1 is 0.604 bits per heavy atom. The maximum absolute atomic E-state index is 9.97. The molecule has 2 heterocycles. The molecule has 0 bridgehead atoms. The predicted octanol–water partition coefficient (Wildman–Crippen LogP) is 6.93. The Labute approximate surface area is 286 Å². The van der Waals surface area contributed by atoms with Crippen LogP contribution in [0.3, 0.4) is 0 Å². The second kappa shape index (κ2) is 16.3. The standard InChI is InChI=1S/C39H52N4O5/c1-26-30(22-47-34-18-16-28(36(42-34)45-8)20-40-24-38(3,4)5)12-10-14-32(26)33-15-11-13-31(27(33)2)23-48-35-19-17-29(37(43-35)46-9)21-41-25-39(6,7)44/h10-19,40-41,44H,20-25H2,1-9H3. The van der Waals surface area contributed by atoms with Crippen LogP contribution in [0.25, 0.3) is 11.1 Å². The van der Waals surface area contributed by atoms with E-state index in [1.165, 1.54) is 0 Å². The first-order valence-electron chi connectivity index (χ1n) is 16.4. The lowest BCUT2D eigenvalue weighted by Crippen LogP contribution is -2.34. The summed E-state index contributed by atoms with van der Waals surface area (Å²) >= 11 is 0. The number of aromatic nitrogens is 2. The molecule has 0 aliphatic carbocycles. The highest BCUT2D eigenvalue weighted by Crippen LogP contribution is 2.32. The molecule has 0 fully saturated rings. The number of nitrogens with zero attached hydrogens (tertiary/aromatic N) is 2. The minimum atomic E-state index is -0.799. The van der Waals surface area contributed by atoms with Crippen LogP contribution in [0.5, 0.6) is 23.5 Å². The van der Waals surface area contributed by atoms with Crippen molar-refractivity contribution in [2.24, 2.45) is 5.41 Å². The molecular weight excluding hydrogens is 604 g/mol. The van der Waals surface area contributed by atoms with Crippen molar-refractivity contribution < 1.29 is 24.1 Å². The first-order valence-corrected chi connectivity index (χ1v) is 16.4. The molecule has 0 aliphatic heterocycles. The zero-order valence-electron chi connectivity index (χ0n) is 30.0. The first-order chi connectivity index (χ1) is 22.8. The molecule has 0 amide bonds. The normalized spacial score (nSPS) is 11.8. The summed E-state index contributed by atoms with van der Waals surface area (Å²) < 4.78 is 23.4. The highest BCUT2D eigenvalue weighted by atomic mass is 16.5. The van der Waals surface area contributed by atoms with Crippen LogP contribution in [0.4, 0.5) is 0 Å². The van der Waals surface area contributed by atoms with Crippen molar-refractivity contribution in [2.45, 2.75) is 80.4 Å². The number of ether oxygens (including phenoxy) is 4. The Bertz CT molecular complexity index is 1540. The lowest BCUT2D eigenvalue weighted by atomic mass is 9.92. The van der Waals surface area contributed by atoms with Gasteiger partial charge in [0.1, 0.15) is 13.2 Å². The fourth-order valence-corrected chi connectivity index (χ4v) is 5.33. The second-order valence-electron chi connectivity index (χ2n) is 14.0. The zero-order valence-corrected chi connectivity index (χ0v) is 30.0. The molecule has 2 aromatic heterocycles. The maximum atomic E-state index is 9.97. The molecule has 0 spiro atoms. The Hall–Kier alpha value is -4.18. The number of aliphatic hydroxyl groups is 1. The molecule has 258 valence electrons. The van der Waals surface area contributed by atoms with Crippen molar-refractivity contribution in [3.63, 3.8) is 0 Å². The van der Waals surface area contributed by atoms with E-state index in [0.717, 1.165) is 51.1 Å². The Morgan fingerprint density at radius 3 is 1.44 bits per heavy atom. The van der Waals surface area contributed by atoms with Gasteiger partial charge in [0, 0.05) is 49.4 Å². The van der Waals surface area contributed by atoms with Crippen molar-refractivity contribution in [2.75, 3.05) is 27.3 Å². The van der Waals surface area contributed by atoms with Gasteiger partial charge < -0.3 is 34.7 Å². The van der Waals surface area contributed by atoms with Gasteiger partial charge in [0.25, 0.3) is 0 Å². The molecule has 0 unspecified atom stereocenters. The van der Waals surface area contributed by atoms with Crippen LogP contribution >= 0.6 is 0 Å². The van der Waals surface area contributed by atoms with Crippen LogP contribution in [0.1, 0.15) is 68.0 Å². The average Bonchev–Trinajstić information content (AvgIpc) is 3.03. The molecular formula is C39H52N4O5. The maximum Gasteiger partial charge on any atom is 0.220 e. The van der Waals surface area contributed by atoms with Gasteiger partial charge in [-0.1, -0.05) is 57.2 Å². The van der Waals surface area contributed by atoms with Gasteiger partial charge in [-0.05, 0) is 78.6 Å².